The van der Waals surface area contributed by atoms with E-state index in [0.717, 1.165) is 39.5 Å². The lowest BCUT2D eigenvalue weighted by Crippen LogP contribution is -2.26. The maximum absolute atomic E-state index is 13.8. The summed E-state index contributed by atoms with van der Waals surface area (Å²) in [5, 5.41) is 7.19. The van der Waals surface area contributed by atoms with Gasteiger partial charge in [0.05, 0.1) is 31.6 Å². The largest absolute Gasteiger partial charge is 0.493 e. The van der Waals surface area contributed by atoms with Crippen molar-refractivity contribution in [1.82, 2.24) is 0 Å². The van der Waals surface area contributed by atoms with Gasteiger partial charge in [-0.05, 0) is 59.9 Å². The van der Waals surface area contributed by atoms with Gasteiger partial charge in [0.15, 0.2) is 28.8 Å². The highest BCUT2D eigenvalue weighted by Crippen LogP contribution is 2.46. The first-order valence-corrected chi connectivity index (χ1v) is 11.6. The van der Waals surface area contributed by atoms with Crippen molar-refractivity contribution < 1.29 is 23.7 Å². The van der Waals surface area contributed by atoms with Crippen molar-refractivity contribution >= 4 is 17.2 Å². The van der Waals surface area contributed by atoms with Crippen LogP contribution in [0.5, 0.6) is 23.0 Å². The number of Topliss-reactive ketones (excluding diaryl/α,β-unsaturated/α-hetero) is 1. The van der Waals surface area contributed by atoms with E-state index in [1.54, 1.807) is 14.2 Å². The fourth-order valence-electron chi connectivity index (χ4n) is 5.18. The molecule has 2 aliphatic heterocycles. The molecule has 1 aliphatic carbocycles. The van der Waals surface area contributed by atoms with Crippen LogP contribution in [0.25, 0.3) is 0 Å². The molecule has 2 heterocycles. The van der Waals surface area contributed by atoms with E-state index in [1.807, 2.05) is 60.7 Å². The number of hydrogen-bond donors (Lipinski definition) is 2. The van der Waals surface area contributed by atoms with Gasteiger partial charge in [0.25, 0.3) is 0 Å². The van der Waals surface area contributed by atoms with Gasteiger partial charge in [0.1, 0.15) is 0 Å². The van der Waals surface area contributed by atoms with Crippen molar-refractivity contribution in [2.45, 2.75) is 24.8 Å². The third-order valence-electron chi connectivity index (χ3n) is 6.92. The average molecular weight is 471 g/mol. The number of ether oxygens (including phenoxy) is 4. The predicted octanol–water partition coefficient (Wildman–Crippen LogP) is 5.41. The summed E-state index contributed by atoms with van der Waals surface area (Å²) in [6.45, 7) is 0.209. The van der Waals surface area contributed by atoms with E-state index in [4.69, 9.17) is 18.9 Å². The lowest BCUT2D eigenvalue weighted by molar-refractivity contribution is -0.116. The monoisotopic (exact) mass is 470 g/mol. The van der Waals surface area contributed by atoms with Gasteiger partial charge in [0, 0.05) is 17.7 Å². The summed E-state index contributed by atoms with van der Waals surface area (Å²) in [6.07, 6.45) is 1.11. The van der Waals surface area contributed by atoms with Crippen LogP contribution >= 0.6 is 0 Å². The normalized spacial score (nSPS) is 20.2. The Morgan fingerprint density at radius 2 is 1.60 bits per heavy atom. The second-order valence-electron chi connectivity index (χ2n) is 8.90. The van der Waals surface area contributed by atoms with E-state index in [-0.39, 0.29) is 24.5 Å². The Bertz CT molecular complexity index is 1350. The molecule has 2 N–H and O–H groups in total. The molecule has 0 bridgehead atoms. The van der Waals surface area contributed by atoms with Gasteiger partial charge in [-0.2, -0.15) is 0 Å². The zero-order chi connectivity index (χ0) is 23.9. The Hall–Kier alpha value is -4.13. The molecular formula is C28H26N2O5. The van der Waals surface area contributed by atoms with Gasteiger partial charge in [-0.25, -0.2) is 0 Å². The Kier molecular flexibility index (Phi) is 5.25. The summed E-state index contributed by atoms with van der Waals surface area (Å²) < 4.78 is 22.0. The highest BCUT2D eigenvalue weighted by atomic mass is 16.7. The molecule has 178 valence electrons. The Morgan fingerprint density at radius 3 is 2.43 bits per heavy atom. The molecule has 7 heteroatoms. The summed E-state index contributed by atoms with van der Waals surface area (Å²) in [5.41, 5.74) is 5.59. The number of anilines is 2. The number of methoxy groups -OCH3 is 2. The highest BCUT2D eigenvalue weighted by molar-refractivity contribution is 6.01. The number of ketones is 1. The standard InChI is InChI=1S/C28H26N2O5/c1-32-23-9-7-16(13-25(23)33-2)18-11-21-27(22(31)12-18)28(30-20-6-4-3-5-19(20)29-21)17-8-10-24-26(14-17)35-15-34-24/h3-10,13-14,18,28-30H,11-12,15H2,1-2H3/t18-,28+/m1/s1. The van der Waals surface area contributed by atoms with Gasteiger partial charge < -0.3 is 29.6 Å². The van der Waals surface area contributed by atoms with E-state index in [0.29, 0.717) is 30.1 Å². The summed E-state index contributed by atoms with van der Waals surface area (Å²) >= 11 is 0. The van der Waals surface area contributed by atoms with Crippen LogP contribution in [0, 0.1) is 0 Å². The molecule has 0 radical (unpaired) electrons. The first-order chi connectivity index (χ1) is 17.1. The van der Waals surface area contributed by atoms with E-state index >= 15 is 0 Å². The molecule has 6 rings (SSSR count). The molecule has 3 aromatic carbocycles. The number of carbonyl (C=O) groups is 1. The molecule has 0 aromatic heterocycles. The van der Waals surface area contributed by atoms with Crippen LogP contribution in [0.4, 0.5) is 11.4 Å². The van der Waals surface area contributed by atoms with Crippen molar-refractivity contribution in [2.75, 3.05) is 31.6 Å². The molecule has 3 aromatic rings. The minimum absolute atomic E-state index is 0.0243. The maximum atomic E-state index is 13.8. The smallest absolute Gasteiger partial charge is 0.231 e. The molecule has 0 unspecified atom stereocenters. The number of para-hydroxylation sites is 2. The van der Waals surface area contributed by atoms with Crippen molar-refractivity contribution in [1.29, 1.82) is 0 Å². The highest BCUT2D eigenvalue weighted by Gasteiger charge is 2.36. The minimum Gasteiger partial charge on any atom is -0.493 e. The van der Waals surface area contributed by atoms with Crippen molar-refractivity contribution in [3.8, 4) is 23.0 Å². The molecule has 0 spiro atoms. The lowest BCUT2D eigenvalue weighted by atomic mass is 9.78. The molecular weight excluding hydrogens is 444 g/mol. The van der Waals surface area contributed by atoms with Gasteiger partial charge >= 0.3 is 0 Å². The van der Waals surface area contributed by atoms with Crippen LogP contribution in [0.2, 0.25) is 0 Å². The van der Waals surface area contributed by atoms with Gasteiger partial charge in [-0.1, -0.05) is 24.3 Å². The SMILES string of the molecule is COc1ccc([C@H]2CC(=O)C3=C(C2)Nc2ccccc2N[C@H]3c2ccc3c(c2)OCO3)cc1OC. The third kappa shape index (κ3) is 3.73. The van der Waals surface area contributed by atoms with Crippen LogP contribution in [0.3, 0.4) is 0 Å². The van der Waals surface area contributed by atoms with Gasteiger partial charge in [0.2, 0.25) is 6.79 Å². The van der Waals surface area contributed by atoms with Crippen molar-refractivity contribution in [2.24, 2.45) is 0 Å². The fraction of sp³-hybridized carbons (Fsp3) is 0.250. The number of fused-ring (bicyclic) bond motifs is 2. The topological polar surface area (TPSA) is 78.1 Å². The van der Waals surface area contributed by atoms with Crippen molar-refractivity contribution in [3.05, 3.63) is 83.1 Å². The predicted molar refractivity (Wildman–Crippen MR) is 133 cm³/mol. The Balaban J connectivity index is 1.42. The number of hydrogen-bond acceptors (Lipinski definition) is 7. The Labute approximate surface area is 203 Å². The summed E-state index contributed by atoms with van der Waals surface area (Å²) in [4.78, 5) is 13.8. The van der Waals surface area contributed by atoms with Crippen LogP contribution in [0.1, 0.15) is 35.9 Å². The molecule has 0 saturated carbocycles. The van der Waals surface area contributed by atoms with E-state index in [2.05, 4.69) is 10.6 Å². The van der Waals surface area contributed by atoms with E-state index in [1.165, 1.54) is 0 Å². The van der Waals surface area contributed by atoms with Crippen LogP contribution in [-0.2, 0) is 4.79 Å². The second-order valence-corrected chi connectivity index (χ2v) is 8.90. The number of allylic oxidation sites excluding steroid dienone is 1. The minimum atomic E-state index is -0.311. The van der Waals surface area contributed by atoms with Crippen LogP contribution in [-0.4, -0.2) is 26.8 Å². The van der Waals surface area contributed by atoms with Gasteiger partial charge in [-0.3, -0.25) is 4.79 Å². The number of benzene rings is 3. The van der Waals surface area contributed by atoms with E-state index in [9.17, 15) is 4.79 Å². The fourth-order valence-corrected chi connectivity index (χ4v) is 5.18. The van der Waals surface area contributed by atoms with Crippen molar-refractivity contribution in [3.63, 3.8) is 0 Å². The number of nitrogens with one attached hydrogen (secondary N) is 2. The average Bonchev–Trinajstić information content (AvgIpc) is 3.29. The molecule has 2 atom stereocenters. The molecule has 0 fully saturated rings. The summed E-state index contributed by atoms with van der Waals surface area (Å²) in [6, 6.07) is 19.5. The molecule has 35 heavy (non-hydrogen) atoms. The van der Waals surface area contributed by atoms with Crippen LogP contribution in [0.15, 0.2) is 71.9 Å². The molecule has 0 saturated heterocycles. The number of carbonyl (C=O) groups excluding carboxylic acids is 1. The number of rotatable bonds is 4. The second kappa shape index (κ2) is 8.58. The molecule has 0 amide bonds. The van der Waals surface area contributed by atoms with Gasteiger partial charge in [-0.15, -0.1) is 0 Å². The summed E-state index contributed by atoms with van der Waals surface area (Å²) in [7, 11) is 3.24. The first kappa shape index (κ1) is 21.4. The van der Waals surface area contributed by atoms with Crippen LogP contribution < -0.4 is 29.6 Å². The lowest BCUT2D eigenvalue weighted by Gasteiger charge is -2.30. The van der Waals surface area contributed by atoms with E-state index < -0.39 is 0 Å². The quantitative estimate of drug-likeness (QED) is 0.528. The summed E-state index contributed by atoms with van der Waals surface area (Å²) in [5.74, 6) is 2.89. The zero-order valence-corrected chi connectivity index (χ0v) is 19.6. The molecule has 7 nitrogen and oxygen atoms in total. The third-order valence-corrected chi connectivity index (χ3v) is 6.92. The maximum Gasteiger partial charge on any atom is 0.231 e. The Morgan fingerprint density at radius 1 is 0.829 bits per heavy atom. The first-order valence-electron chi connectivity index (χ1n) is 11.6. The molecule has 3 aliphatic rings. The zero-order valence-electron chi connectivity index (χ0n) is 19.6.